The molecule has 0 aliphatic carbocycles. The molecule has 1 aliphatic heterocycles. The van der Waals surface area contributed by atoms with Crippen LogP contribution >= 0.6 is 0 Å². The fraction of sp³-hybridized carbons (Fsp3) is 0.312. The molecule has 2 heterocycles. The smallest absolute Gasteiger partial charge is 0.261 e. The van der Waals surface area contributed by atoms with Crippen molar-refractivity contribution in [1.82, 2.24) is 14.9 Å². The summed E-state index contributed by atoms with van der Waals surface area (Å²) in [5.74, 6) is -0.540. The highest BCUT2D eigenvalue weighted by molar-refractivity contribution is 5.78. The highest BCUT2D eigenvalue weighted by atomic mass is 19.1. The predicted octanol–water partition coefficient (Wildman–Crippen LogP) is 2.36. The number of aromatic nitrogens is 2. The fourth-order valence-electron chi connectivity index (χ4n) is 2.65. The van der Waals surface area contributed by atoms with E-state index in [0.29, 0.717) is 6.54 Å². The lowest BCUT2D eigenvalue weighted by atomic mass is 10.1. The molecular formula is C16H16FN3O2. The molecule has 0 N–H and O–H groups in total. The number of nitrogens with zero attached hydrogens (tertiary/aromatic N) is 3. The summed E-state index contributed by atoms with van der Waals surface area (Å²) >= 11 is 0. The molecule has 0 saturated carbocycles. The van der Waals surface area contributed by atoms with E-state index in [2.05, 4.69) is 9.97 Å². The van der Waals surface area contributed by atoms with Crippen molar-refractivity contribution < 1.29 is 13.9 Å². The van der Waals surface area contributed by atoms with Crippen LogP contribution in [0.1, 0.15) is 24.6 Å². The van der Waals surface area contributed by atoms with Crippen molar-refractivity contribution in [3.8, 4) is 5.75 Å². The van der Waals surface area contributed by atoms with E-state index < -0.39 is 5.82 Å². The Kier molecular flexibility index (Phi) is 4.27. The molecular weight excluding hydrogens is 285 g/mol. The third kappa shape index (κ3) is 3.05. The lowest BCUT2D eigenvalue weighted by Crippen LogP contribution is -2.34. The molecule has 1 aromatic heterocycles. The predicted molar refractivity (Wildman–Crippen MR) is 77.6 cm³/mol. The number of carbonyl (C=O) groups excluding carboxylic acids is 1. The number of amides is 1. The lowest BCUT2D eigenvalue weighted by molar-refractivity contribution is -0.134. The van der Waals surface area contributed by atoms with Crippen LogP contribution in [0.4, 0.5) is 4.39 Å². The summed E-state index contributed by atoms with van der Waals surface area (Å²) in [6, 6.07) is 7.82. The van der Waals surface area contributed by atoms with Crippen LogP contribution in [0.15, 0.2) is 42.9 Å². The molecule has 3 rings (SSSR count). The summed E-state index contributed by atoms with van der Waals surface area (Å²) in [4.78, 5) is 22.2. The maximum Gasteiger partial charge on any atom is 0.261 e. The van der Waals surface area contributed by atoms with Crippen LogP contribution in [-0.4, -0.2) is 33.9 Å². The van der Waals surface area contributed by atoms with E-state index in [9.17, 15) is 9.18 Å². The molecule has 22 heavy (non-hydrogen) atoms. The second kappa shape index (κ2) is 6.51. The Morgan fingerprint density at radius 3 is 3.00 bits per heavy atom. The van der Waals surface area contributed by atoms with Crippen LogP contribution in [0.3, 0.4) is 0 Å². The number of benzene rings is 1. The van der Waals surface area contributed by atoms with Gasteiger partial charge in [-0.1, -0.05) is 12.1 Å². The number of carbonyl (C=O) groups is 1. The molecule has 1 amide bonds. The molecule has 6 heteroatoms. The van der Waals surface area contributed by atoms with E-state index in [1.54, 1.807) is 23.2 Å². The molecule has 0 bridgehead atoms. The number of ether oxygens (including phenoxy) is 1. The number of rotatable bonds is 4. The molecule has 114 valence electrons. The highest BCUT2D eigenvalue weighted by Gasteiger charge is 2.31. The third-order valence-electron chi connectivity index (χ3n) is 3.71. The van der Waals surface area contributed by atoms with Gasteiger partial charge in [0.25, 0.3) is 5.91 Å². The first-order valence-corrected chi connectivity index (χ1v) is 7.18. The van der Waals surface area contributed by atoms with Crippen molar-refractivity contribution in [1.29, 1.82) is 0 Å². The van der Waals surface area contributed by atoms with Crippen LogP contribution in [0.2, 0.25) is 0 Å². The van der Waals surface area contributed by atoms with Crippen LogP contribution in [0.25, 0.3) is 0 Å². The van der Waals surface area contributed by atoms with Crippen molar-refractivity contribution >= 4 is 5.91 Å². The topological polar surface area (TPSA) is 55.3 Å². The van der Waals surface area contributed by atoms with Gasteiger partial charge in [0.15, 0.2) is 18.2 Å². The van der Waals surface area contributed by atoms with Crippen molar-refractivity contribution in [3.63, 3.8) is 0 Å². The summed E-state index contributed by atoms with van der Waals surface area (Å²) in [7, 11) is 0. The Morgan fingerprint density at radius 2 is 2.23 bits per heavy atom. The fourth-order valence-corrected chi connectivity index (χ4v) is 2.65. The second-order valence-corrected chi connectivity index (χ2v) is 5.10. The largest absolute Gasteiger partial charge is 0.481 e. The van der Waals surface area contributed by atoms with Crippen LogP contribution in [0.5, 0.6) is 5.75 Å². The van der Waals surface area contributed by atoms with E-state index >= 15 is 0 Å². The van der Waals surface area contributed by atoms with Crippen molar-refractivity contribution in [2.24, 2.45) is 0 Å². The molecule has 1 fully saturated rings. The molecule has 0 unspecified atom stereocenters. The van der Waals surface area contributed by atoms with Gasteiger partial charge in [-0.25, -0.2) is 14.4 Å². The number of halogens is 1. The number of hydrogen-bond donors (Lipinski definition) is 0. The summed E-state index contributed by atoms with van der Waals surface area (Å²) in [5, 5.41) is 0. The molecule has 2 aromatic rings. The zero-order valence-corrected chi connectivity index (χ0v) is 12.0. The molecule has 5 nitrogen and oxygen atoms in total. The normalized spacial score (nSPS) is 17.5. The van der Waals surface area contributed by atoms with E-state index in [4.69, 9.17) is 4.74 Å². The number of hydrogen-bond acceptors (Lipinski definition) is 4. The Balaban J connectivity index is 1.65. The first-order valence-electron chi connectivity index (χ1n) is 7.18. The number of para-hydroxylation sites is 1. The average molecular weight is 301 g/mol. The van der Waals surface area contributed by atoms with E-state index in [1.807, 2.05) is 6.07 Å². The molecule has 1 aliphatic rings. The molecule has 0 spiro atoms. The van der Waals surface area contributed by atoms with Crippen molar-refractivity contribution in [3.05, 3.63) is 54.4 Å². The zero-order chi connectivity index (χ0) is 15.4. The molecule has 1 atom stereocenters. The maximum atomic E-state index is 13.5. The Labute approximate surface area is 127 Å². The van der Waals surface area contributed by atoms with Crippen molar-refractivity contribution in [2.45, 2.75) is 18.9 Å². The molecule has 1 saturated heterocycles. The Morgan fingerprint density at radius 1 is 1.36 bits per heavy atom. The van der Waals surface area contributed by atoms with Gasteiger partial charge in [0, 0.05) is 12.7 Å². The van der Waals surface area contributed by atoms with Gasteiger partial charge in [-0.2, -0.15) is 0 Å². The third-order valence-corrected chi connectivity index (χ3v) is 3.71. The second-order valence-electron chi connectivity index (χ2n) is 5.10. The summed E-state index contributed by atoms with van der Waals surface area (Å²) in [6.45, 7) is 0.483. The Bertz CT molecular complexity index is 651. The van der Waals surface area contributed by atoms with Gasteiger partial charge in [-0.3, -0.25) is 4.79 Å². The summed E-state index contributed by atoms with van der Waals surface area (Å²) < 4.78 is 18.8. The minimum atomic E-state index is -0.468. The Hall–Kier alpha value is -2.50. The van der Waals surface area contributed by atoms with Gasteiger partial charge < -0.3 is 9.64 Å². The van der Waals surface area contributed by atoms with E-state index in [1.165, 1.54) is 18.5 Å². The van der Waals surface area contributed by atoms with Gasteiger partial charge in [0.2, 0.25) is 0 Å². The maximum absolute atomic E-state index is 13.5. The molecule has 0 radical (unpaired) electrons. The standard InChI is InChI=1S/C16H16FN3O2/c17-12-4-1-2-6-15(12)22-10-16(21)20-9-3-5-14(20)13-7-8-18-11-19-13/h1-2,4,6-8,11,14H,3,5,9-10H2/t14-/m0/s1. The summed E-state index contributed by atoms with van der Waals surface area (Å²) in [5.41, 5.74) is 0.826. The summed E-state index contributed by atoms with van der Waals surface area (Å²) in [6.07, 6.45) is 4.92. The monoisotopic (exact) mass is 301 g/mol. The first-order chi connectivity index (χ1) is 10.8. The van der Waals surface area contributed by atoms with E-state index in [0.717, 1.165) is 18.5 Å². The number of likely N-dealkylation sites (tertiary alicyclic amines) is 1. The van der Waals surface area contributed by atoms with Gasteiger partial charge in [-0.05, 0) is 31.0 Å². The van der Waals surface area contributed by atoms with Crippen LogP contribution < -0.4 is 4.74 Å². The van der Waals surface area contributed by atoms with Gasteiger partial charge in [0.1, 0.15) is 6.33 Å². The molecule has 1 aromatic carbocycles. The zero-order valence-electron chi connectivity index (χ0n) is 12.0. The van der Waals surface area contributed by atoms with Crippen LogP contribution in [-0.2, 0) is 4.79 Å². The quantitative estimate of drug-likeness (QED) is 0.870. The van der Waals surface area contributed by atoms with Crippen LogP contribution in [0, 0.1) is 5.82 Å². The lowest BCUT2D eigenvalue weighted by Gasteiger charge is -2.24. The minimum absolute atomic E-state index is 0.0558. The average Bonchev–Trinajstić information content (AvgIpc) is 3.04. The van der Waals surface area contributed by atoms with Gasteiger partial charge in [-0.15, -0.1) is 0 Å². The first kappa shape index (κ1) is 14.4. The van der Waals surface area contributed by atoms with Crippen molar-refractivity contribution in [2.75, 3.05) is 13.2 Å². The SMILES string of the molecule is O=C(COc1ccccc1F)N1CCC[C@H]1c1ccncn1. The van der Waals surface area contributed by atoms with Gasteiger partial charge in [0.05, 0.1) is 11.7 Å². The minimum Gasteiger partial charge on any atom is -0.481 e. The van der Waals surface area contributed by atoms with E-state index in [-0.39, 0.29) is 24.3 Å². The van der Waals surface area contributed by atoms with Gasteiger partial charge >= 0.3 is 0 Å². The highest BCUT2D eigenvalue weighted by Crippen LogP contribution is 2.30.